The molecule has 0 saturated carbocycles. The molecule has 0 amide bonds. The normalized spacial score (nSPS) is 11.4. The van der Waals surface area contributed by atoms with Gasteiger partial charge in [0.25, 0.3) is 0 Å². The summed E-state index contributed by atoms with van der Waals surface area (Å²) in [6, 6.07) is 13.3. The second-order valence-corrected chi connectivity index (χ2v) is 6.83. The van der Waals surface area contributed by atoms with Crippen molar-refractivity contribution in [2.24, 2.45) is 0 Å². The van der Waals surface area contributed by atoms with Gasteiger partial charge in [-0.05, 0) is 49.1 Å². The van der Waals surface area contributed by atoms with Crippen LogP contribution in [0.5, 0.6) is 11.5 Å². The van der Waals surface area contributed by atoms with Gasteiger partial charge < -0.3 is 14.5 Å². The van der Waals surface area contributed by atoms with Crippen molar-refractivity contribution in [2.45, 2.75) is 19.3 Å². The average Bonchev–Trinajstić information content (AvgIpc) is 2.43. The highest BCUT2D eigenvalue weighted by Crippen LogP contribution is 2.35. The fourth-order valence-electron chi connectivity index (χ4n) is 2.08. The predicted molar refractivity (Wildman–Crippen MR) is 82.8 cm³/mol. The van der Waals surface area contributed by atoms with E-state index in [1.54, 1.807) is 18.2 Å². The summed E-state index contributed by atoms with van der Waals surface area (Å²) in [5, 5.41) is 0. The predicted octanol–water partition coefficient (Wildman–Crippen LogP) is 4.12. The Labute approximate surface area is 128 Å². The lowest BCUT2D eigenvalue weighted by atomic mass is 10.1. The van der Waals surface area contributed by atoms with E-state index in [1.807, 2.05) is 18.2 Å². The van der Waals surface area contributed by atoms with Crippen molar-refractivity contribution in [1.82, 2.24) is 0 Å². The van der Waals surface area contributed by atoms with Gasteiger partial charge in [-0.15, -0.1) is 0 Å². The summed E-state index contributed by atoms with van der Waals surface area (Å²) < 4.78 is 29.5. The van der Waals surface area contributed by atoms with Crippen LogP contribution in [0.4, 0.5) is 4.39 Å². The Morgan fingerprint density at radius 3 is 2.36 bits per heavy atom. The minimum atomic E-state index is -3.91. The molecule has 0 radical (unpaired) electrons. The molecule has 0 aliphatic heterocycles. The lowest BCUT2D eigenvalue weighted by molar-refractivity contribution is 0.371. The molecule has 0 aliphatic carbocycles. The van der Waals surface area contributed by atoms with Gasteiger partial charge in [0.2, 0.25) is 0 Å². The van der Waals surface area contributed by atoms with Crippen LogP contribution in [0.1, 0.15) is 18.4 Å². The minimum absolute atomic E-state index is 0.0908. The fraction of sp³-hybridized carbons (Fsp3) is 0.250. The van der Waals surface area contributed by atoms with Crippen LogP contribution in [-0.2, 0) is 11.0 Å². The van der Waals surface area contributed by atoms with Gasteiger partial charge in [0, 0.05) is 12.2 Å². The quantitative estimate of drug-likeness (QED) is 0.594. The van der Waals surface area contributed by atoms with Crippen molar-refractivity contribution in [3.8, 4) is 11.5 Å². The third kappa shape index (κ3) is 5.98. The molecule has 2 aromatic carbocycles. The molecule has 0 unspecified atom stereocenters. The van der Waals surface area contributed by atoms with Crippen LogP contribution >= 0.6 is 7.60 Å². The molecule has 0 heterocycles. The third-order valence-corrected chi connectivity index (χ3v) is 3.99. The first-order valence-electron chi connectivity index (χ1n) is 6.99. The van der Waals surface area contributed by atoms with Gasteiger partial charge in [-0.2, -0.15) is 0 Å². The van der Waals surface area contributed by atoms with Gasteiger partial charge in [-0.1, -0.05) is 18.2 Å². The van der Waals surface area contributed by atoms with Gasteiger partial charge >= 0.3 is 7.60 Å². The Hall–Kier alpha value is -1.68. The zero-order valence-electron chi connectivity index (χ0n) is 12.0. The Balaban J connectivity index is 1.91. The molecule has 0 saturated heterocycles. The molecule has 0 atom stereocenters. The molecule has 2 aromatic rings. The largest absolute Gasteiger partial charge is 0.457 e. The van der Waals surface area contributed by atoms with E-state index in [0.29, 0.717) is 30.8 Å². The maximum atomic E-state index is 13.1. The number of hydrogen-bond acceptors (Lipinski definition) is 2. The summed E-state index contributed by atoms with van der Waals surface area (Å²) in [4.78, 5) is 17.6. The number of hydrogen-bond donors (Lipinski definition) is 2. The number of ether oxygens (including phenoxy) is 1. The molecule has 6 heteroatoms. The first-order chi connectivity index (χ1) is 10.4. The van der Waals surface area contributed by atoms with Crippen LogP contribution in [0.15, 0.2) is 48.5 Å². The first-order valence-corrected chi connectivity index (χ1v) is 8.79. The Bertz CT molecular complexity index is 669. The zero-order chi connectivity index (χ0) is 16.0. The summed E-state index contributed by atoms with van der Waals surface area (Å²) >= 11 is 0. The molecule has 0 fully saturated rings. The van der Waals surface area contributed by atoms with Gasteiger partial charge in [-0.25, -0.2) is 4.39 Å². The SMILES string of the molecule is O=P(O)(O)CCCCc1cccc(Oc2cccc(F)c2)c1. The van der Waals surface area contributed by atoms with Crippen molar-refractivity contribution in [3.05, 3.63) is 59.9 Å². The van der Waals surface area contributed by atoms with Gasteiger partial charge in [0.1, 0.15) is 17.3 Å². The molecule has 0 spiro atoms. The maximum Gasteiger partial charge on any atom is 0.325 e. The lowest BCUT2D eigenvalue weighted by Gasteiger charge is -2.08. The Morgan fingerprint density at radius 1 is 1.00 bits per heavy atom. The van der Waals surface area contributed by atoms with Crippen molar-refractivity contribution >= 4 is 7.60 Å². The molecule has 118 valence electrons. The highest BCUT2D eigenvalue weighted by Gasteiger charge is 2.11. The summed E-state index contributed by atoms with van der Waals surface area (Å²) in [6.07, 6.45) is 1.78. The average molecular weight is 324 g/mol. The van der Waals surface area contributed by atoms with Gasteiger partial charge in [-0.3, -0.25) is 4.57 Å². The maximum absolute atomic E-state index is 13.1. The van der Waals surface area contributed by atoms with E-state index in [2.05, 4.69) is 0 Å². The van der Waals surface area contributed by atoms with E-state index in [9.17, 15) is 8.96 Å². The molecule has 0 aromatic heterocycles. The molecule has 22 heavy (non-hydrogen) atoms. The molecule has 0 bridgehead atoms. The van der Waals surface area contributed by atoms with Crippen LogP contribution in [0.25, 0.3) is 0 Å². The summed E-state index contributed by atoms with van der Waals surface area (Å²) in [6.45, 7) is 0. The topological polar surface area (TPSA) is 66.8 Å². The number of rotatable bonds is 7. The molecule has 2 N–H and O–H groups in total. The van der Waals surface area contributed by atoms with Gasteiger partial charge in [0.15, 0.2) is 0 Å². The standard InChI is InChI=1S/C16H18FO4P/c17-14-7-4-9-16(12-14)21-15-8-3-6-13(11-15)5-1-2-10-22(18,19)20/h3-4,6-9,11-12H,1-2,5,10H2,(H2,18,19,20). The first kappa shape index (κ1) is 16.7. The molecular weight excluding hydrogens is 306 g/mol. The monoisotopic (exact) mass is 324 g/mol. The minimum Gasteiger partial charge on any atom is -0.457 e. The Kier molecular flexibility index (Phi) is 5.72. The van der Waals surface area contributed by atoms with Crippen molar-refractivity contribution in [1.29, 1.82) is 0 Å². The van der Waals surface area contributed by atoms with Crippen molar-refractivity contribution in [3.63, 3.8) is 0 Å². The van der Waals surface area contributed by atoms with Crippen molar-refractivity contribution in [2.75, 3.05) is 6.16 Å². The van der Waals surface area contributed by atoms with Crippen LogP contribution in [0, 0.1) is 5.82 Å². The number of unbranched alkanes of at least 4 members (excludes halogenated alkanes) is 1. The van der Waals surface area contributed by atoms with Gasteiger partial charge in [0.05, 0.1) is 0 Å². The second-order valence-electron chi connectivity index (χ2n) is 5.05. The zero-order valence-corrected chi connectivity index (χ0v) is 12.9. The molecule has 0 aliphatic rings. The highest BCUT2D eigenvalue weighted by atomic mass is 31.2. The Morgan fingerprint density at radius 2 is 1.68 bits per heavy atom. The third-order valence-electron chi connectivity index (χ3n) is 3.10. The summed E-state index contributed by atoms with van der Waals surface area (Å²) in [7, 11) is -3.91. The van der Waals surface area contributed by atoms with Crippen molar-refractivity contribution < 1.29 is 23.5 Å². The van der Waals surface area contributed by atoms with E-state index in [0.717, 1.165) is 5.56 Å². The number of halogens is 1. The highest BCUT2D eigenvalue weighted by molar-refractivity contribution is 7.51. The van der Waals surface area contributed by atoms with E-state index < -0.39 is 7.60 Å². The number of aryl methyl sites for hydroxylation is 1. The summed E-state index contributed by atoms with van der Waals surface area (Å²) in [5.41, 5.74) is 1.01. The smallest absolute Gasteiger partial charge is 0.325 e. The van der Waals surface area contributed by atoms with Crippen LogP contribution in [0.3, 0.4) is 0 Å². The molecular formula is C16H18FO4P. The second kappa shape index (κ2) is 7.54. The van der Waals surface area contributed by atoms with E-state index in [4.69, 9.17) is 14.5 Å². The lowest BCUT2D eigenvalue weighted by Crippen LogP contribution is -1.92. The van der Waals surface area contributed by atoms with E-state index >= 15 is 0 Å². The van der Waals surface area contributed by atoms with E-state index in [1.165, 1.54) is 12.1 Å². The van der Waals surface area contributed by atoms with Crippen LogP contribution in [0.2, 0.25) is 0 Å². The van der Waals surface area contributed by atoms with E-state index in [-0.39, 0.29) is 12.0 Å². The fourth-order valence-corrected chi connectivity index (χ4v) is 2.71. The van der Waals surface area contributed by atoms with Crippen LogP contribution in [-0.4, -0.2) is 15.9 Å². The van der Waals surface area contributed by atoms with Crippen LogP contribution < -0.4 is 4.74 Å². The summed E-state index contributed by atoms with van der Waals surface area (Å²) in [5.74, 6) is 0.683. The number of benzene rings is 2. The molecule has 2 rings (SSSR count). The molecule has 4 nitrogen and oxygen atoms in total.